The first-order chi connectivity index (χ1) is 9.64. The summed E-state index contributed by atoms with van der Waals surface area (Å²) >= 11 is 0. The van der Waals surface area contributed by atoms with E-state index in [9.17, 15) is 26.0 Å². The predicted molar refractivity (Wildman–Crippen MR) is 70.6 cm³/mol. The van der Waals surface area contributed by atoms with Gasteiger partial charge in [0.25, 0.3) is 0 Å². The van der Waals surface area contributed by atoms with Gasteiger partial charge < -0.3 is 0 Å². The normalized spacial score (nSPS) is 12.4. The molecule has 0 N–H and O–H groups in total. The van der Waals surface area contributed by atoms with Gasteiger partial charge in [0, 0.05) is 13.1 Å². The second-order valence-corrected chi connectivity index (χ2v) is 5.98. The van der Waals surface area contributed by atoms with Gasteiger partial charge in [0.2, 0.25) is 10.0 Å². The molecule has 0 atom stereocenters. The number of nitrogens with zero attached hydrogens (tertiary/aromatic N) is 1. The van der Waals surface area contributed by atoms with Gasteiger partial charge in [-0.3, -0.25) is 0 Å². The summed E-state index contributed by atoms with van der Waals surface area (Å²) in [4.78, 5) is -0.639. The van der Waals surface area contributed by atoms with Crippen LogP contribution in [0.3, 0.4) is 0 Å². The molecule has 1 aromatic carbocycles. The van der Waals surface area contributed by atoms with E-state index >= 15 is 0 Å². The zero-order chi connectivity index (χ0) is 16.3. The van der Waals surface area contributed by atoms with Crippen LogP contribution in [-0.2, 0) is 16.2 Å². The van der Waals surface area contributed by atoms with Crippen molar-refractivity contribution in [3.8, 4) is 0 Å². The lowest BCUT2D eigenvalue weighted by Crippen LogP contribution is -2.31. The number of sulfonamides is 1. The molecule has 1 rings (SSSR count). The summed E-state index contributed by atoms with van der Waals surface area (Å²) in [5.74, 6) is -1.53. The molecular weight excluding hydrogens is 310 g/mol. The van der Waals surface area contributed by atoms with E-state index < -0.39 is 32.5 Å². The average Bonchev–Trinajstić information content (AvgIpc) is 2.37. The van der Waals surface area contributed by atoms with Crippen molar-refractivity contribution < 1.29 is 26.0 Å². The molecule has 0 heterocycles. The van der Waals surface area contributed by atoms with Crippen molar-refractivity contribution in [2.75, 3.05) is 13.1 Å². The maximum Gasteiger partial charge on any atom is 0.419 e. The molecule has 0 spiro atoms. The van der Waals surface area contributed by atoms with Crippen LogP contribution in [0.2, 0.25) is 0 Å². The number of halogens is 4. The number of alkyl halides is 3. The second-order valence-electron chi connectivity index (χ2n) is 4.04. The fourth-order valence-electron chi connectivity index (χ4n) is 1.59. The van der Waals surface area contributed by atoms with Crippen LogP contribution in [0.25, 0.3) is 0 Å². The summed E-state index contributed by atoms with van der Waals surface area (Å²) in [6, 6.07) is 1.55. The Labute approximate surface area is 120 Å². The van der Waals surface area contributed by atoms with Crippen LogP contribution in [0.5, 0.6) is 0 Å². The Morgan fingerprint density at radius 2 is 1.67 bits per heavy atom. The Hall–Kier alpha value is -1.67. The van der Waals surface area contributed by atoms with Gasteiger partial charge in [0.1, 0.15) is 5.82 Å². The monoisotopic (exact) mass is 323 g/mol. The van der Waals surface area contributed by atoms with E-state index in [1.165, 1.54) is 12.2 Å². The first-order valence-corrected chi connectivity index (χ1v) is 7.17. The SMILES string of the molecule is C=CCN(CC=C)S(=O)(=O)c1ccc(F)c(C(F)(F)F)c1. The Kier molecular flexibility index (Phi) is 5.30. The Morgan fingerprint density at radius 3 is 2.10 bits per heavy atom. The third kappa shape index (κ3) is 3.92. The van der Waals surface area contributed by atoms with Crippen molar-refractivity contribution in [2.24, 2.45) is 0 Å². The Bertz CT molecular complexity index is 628. The molecule has 21 heavy (non-hydrogen) atoms. The molecule has 0 bridgehead atoms. The topological polar surface area (TPSA) is 37.4 Å². The first kappa shape index (κ1) is 17.4. The van der Waals surface area contributed by atoms with E-state index in [-0.39, 0.29) is 19.2 Å². The summed E-state index contributed by atoms with van der Waals surface area (Å²) in [6.45, 7) is 6.55. The molecule has 0 aliphatic rings. The zero-order valence-corrected chi connectivity index (χ0v) is 11.7. The van der Waals surface area contributed by atoms with Crippen molar-refractivity contribution in [1.29, 1.82) is 0 Å². The maximum atomic E-state index is 13.2. The predicted octanol–water partition coefficient (Wildman–Crippen LogP) is 3.21. The highest BCUT2D eigenvalue weighted by molar-refractivity contribution is 7.89. The smallest absolute Gasteiger partial charge is 0.207 e. The maximum absolute atomic E-state index is 13.2. The molecule has 0 saturated heterocycles. The highest BCUT2D eigenvalue weighted by Gasteiger charge is 2.36. The molecule has 0 unspecified atom stereocenters. The van der Waals surface area contributed by atoms with Gasteiger partial charge in [-0.15, -0.1) is 13.2 Å². The fraction of sp³-hybridized carbons (Fsp3) is 0.231. The third-order valence-electron chi connectivity index (χ3n) is 2.55. The van der Waals surface area contributed by atoms with E-state index in [2.05, 4.69) is 13.2 Å². The summed E-state index contributed by atoms with van der Waals surface area (Å²) in [5.41, 5.74) is -1.62. The van der Waals surface area contributed by atoms with Gasteiger partial charge in [-0.25, -0.2) is 12.8 Å². The van der Waals surface area contributed by atoms with Crippen LogP contribution in [0.4, 0.5) is 17.6 Å². The van der Waals surface area contributed by atoms with E-state index in [0.717, 1.165) is 10.4 Å². The molecule has 0 aliphatic heterocycles. The van der Waals surface area contributed by atoms with Crippen LogP contribution in [-0.4, -0.2) is 25.8 Å². The molecule has 8 heteroatoms. The van der Waals surface area contributed by atoms with E-state index in [4.69, 9.17) is 0 Å². The fourth-order valence-corrected chi connectivity index (χ4v) is 3.00. The van der Waals surface area contributed by atoms with Crippen molar-refractivity contribution >= 4 is 10.0 Å². The first-order valence-electron chi connectivity index (χ1n) is 5.73. The van der Waals surface area contributed by atoms with Crippen LogP contribution in [0.15, 0.2) is 48.4 Å². The lowest BCUT2D eigenvalue weighted by Gasteiger charge is -2.19. The lowest BCUT2D eigenvalue weighted by atomic mass is 10.2. The second kappa shape index (κ2) is 6.40. The molecule has 3 nitrogen and oxygen atoms in total. The Morgan fingerprint density at radius 1 is 1.14 bits per heavy atom. The van der Waals surface area contributed by atoms with Crippen LogP contribution in [0.1, 0.15) is 5.56 Å². The molecule has 0 aromatic heterocycles. The van der Waals surface area contributed by atoms with Crippen molar-refractivity contribution in [3.05, 3.63) is 54.9 Å². The molecule has 0 radical (unpaired) electrons. The summed E-state index contributed by atoms with van der Waals surface area (Å²) in [7, 11) is -4.20. The minimum Gasteiger partial charge on any atom is -0.207 e. The summed E-state index contributed by atoms with van der Waals surface area (Å²) in [6.07, 6.45) is -2.40. The third-order valence-corrected chi connectivity index (χ3v) is 4.37. The van der Waals surface area contributed by atoms with Crippen LogP contribution in [0, 0.1) is 5.82 Å². The van der Waals surface area contributed by atoms with Gasteiger partial charge in [-0.05, 0) is 18.2 Å². The number of hydrogen-bond donors (Lipinski definition) is 0. The lowest BCUT2D eigenvalue weighted by molar-refractivity contribution is -0.140. The molecule has 1 aromatic rings. The Balaban J connectivity index is 3.37. The number of rotatable bonds is 6. The van der Waals surface area contributed by atoms with Gasteiger partial charge >= 0.3 is 6.18 Å². The summed E-state index contributed by atoms with van der Waals surface area (Å²) in [5, 5.41) is 0. The largest absolute Gasteiger partial charge is 0.419 e. The van der Waals surface area contributed by atoms with Crippen molar-refractivity contribution in [1.82, 2.24) is 4.31 Å². The van der Waals surface area contributed by atoms with E-state index in [1.54, 1.807) is 0 Å². The van der Waals surface area contributed by atoms with Crippen molar-refractivity contribution in [3.63, 3.8) is 0 Å². The zero-order valence-electron chi connectivity index (χ0n) is 10.9. The molecule has 0 saturated carbocycles. The molecule has 116 valence electrons. The standard InChI is InChI=1S/C13H13F4NO2S/c1-3-7-18(8-4-2)21(19,20)10-5-6-12(14)11(9-10)13(15,16)17/h3-6,9H,1-2,7-8H2. The quantitative estimate of drug-likeness (QED) is 0.595. The minimum atomic E-state index is -4.97. The van der Waals surface area contributed by atoms with Crippen molar-refractivity contribution in [2.45, 2.75) is 11.1 Å². The molecular formula is C13H13F4NO2S. The van der Waals surface area contributed by atoms with Gasteiger partial charge in [0.05, 0.1) is 10.5 Å². The van der Waals surface area contributed by atoms with Gasteiger partial charge in [-0.2, -0.15) is 17.5 Å². The van der Waals surface area contributed by atoms with E-state index in [1.807, 2.05) is 0 Å². The van der Waals surface area contributed by atoms with Crippen LogP contribution >= 0.6 is 0 Å². The van der Waals surface area contributed by atoms with Gasteiger partial charge in [0.15, 0.2) is 0 Å². The molecule has 0 fully saturated rings. The number of hydrogen-bond acceptors (Lipinski definition) is 2. The molecule has 0 aliphatic carbocycles. The van der Waals surface area contributed by atoms with E-state index in [0.29, 0.717) is 6.07 Å². The van der Waals surface area contributed by atoms with Crippen LogP contribution < -0.4 is 0 Å². The average molecular weight is 323 g/mol. The minimum absolute atomic E-state index is 0.104. The highest BCUT2D eigenvalue weighted by atomic mass is 32.2. The summed E-state index contributed by atoms with van der Waals surface area (Å²) < 4.78 is 76.5. The number of benzene rings is 1. The molecule has 0 amide bonds. The highest BCUT2D eigenvalue weighted by Crippen LogP contribution is 2.33. The van der Waals surface area contributed by atoms with Gasteiger partial charge in [-0.1, -0.05) is 12.2 Å².